The largest absolute Gasteiger partial charge is 0.361 e. The molecule has 1 N–H and O–H groups in total. The Morgan fingerprint density at radius 3 is 2.50 bits per heavy atom. The number of anilines is 1. The number of hydrogen-bond acceptors (Lipinski definition) is 5. The molecule has 0 bridgehead atoms. The maximum atomic E-state index is 12.3. The van der Waals surface area contributed by atoms with Gasteiger partial charge in [0.2, 0.25) is 10.0 Å². The van der Waals surface area contributed by atoms with Crippen LogP contribution in [-0.2, 0) is 10.0 Å². The molecule has 0 spiro atoms. The maximum absolute atomic E-state index is 12.3. The van der Waals surface area contributed by atoms with Crippen molar-refractivity contribution >= 4 is 38.9 Å². The van der Waals surface area contributed by atoms with Crippen molar-refractivity contribution in [1.82, 2.24) is 9.62 Å². The smallest absolute Gasteiger partial charge is 0.214 e. The van der Waals surface area contributed by atoms with Gasteiger partial charge in [-0.25, -0.2) is 13.1 Å². The molecule has 1 heterocycles. The first-order valence-electron chi connectivity index (χ1n) is 10.7. The van der Waals surface area contributed by atoms with Gasteiger partial charge in [-0.05, 0) is 55.7 Å². The second kappa shape index (κ2) is 9.58. The highest BCUT2D eigenvalue weighted by Gasteiger charge is 2.37. The van der Waals surface area contributed by atoms with Gasteiger partial charge in [0.25, 0.3) is 0 Å². The Kier molecular flexibility index (Phi) is 6.99. The van der Waals surface area contributed by atoms with Crippen LogP contribution in [0.3, 0.4) is 0 Å². The molecule has 0 aromatic heterocycles. The lowest BCUT2D eigenvalue weighted by molar-refractivity contribution is 0.211. The number of nitriles is 1. The summed E-state index contributed by atoms with van der Waals surface area (Å²) in [6.45, 7) is 4.76. The predicted molar refractivity (Wildman–Crippen MR) is 129 cm³/mol. The highest BCUT2D eigenvalue weighted by atomic mass is 35.5. The highest BCUT2D eigenvalue weighted by molar-refractivity contribution is 7.90. The van der Waals surface area contributed by atoms with Gasteiger partial charge in [-0.3, -0.25) is 4.90 Å². The molecule has 9 heteroatoms. The van der Waals surface area contributed by atoms with E-state index in [1.54, 1.807) is 12.1 Å². The number of rotatable bonds is 7. The average molecular weight is 493 g/mol. The molecule has 2 fully saturated rings. The van der Waals surface area contributed by atoms with Crippen molar-refractivity contribution in [2.75, 3.05) is 31.1 Å². The van der Waals surface area contributed by atoms with E-state index in [-0.39, 0.29) is 17.3 Å². The van der Waals surface area contributed by atoms with Crippen molar-refractivity contribution in [2.24, 2.45) is 0 Å². The Morgan fingerprint density at radius 1 is 1.16 bits per heavy atom. The summed E-state index contributed by atoms with van der Waals surface area (Å²) in [5, 5.41) is 10.2. The third-order valence-corrected chi connectivity index (χ3v) is 8.60. The van der Waals surface area contributed by atoms with Crippen molar-refractivity contribution in [3.63, 3.8) is 0 Å². The van der Waals surface area contributed by atoms with Gasteiger partial charge >= 0.3 is 0 Å². The fourth-order valence-corrected chi connectivity index (χ4v) is 6.25. The summed E-state index contributed by atoms with van der Waals surface area (Å²) >= 11 is 12.7. The molecule has 1 saturated carbocycles. The molecule has 1 aliphatic heterocycles. The van der Waals surface area contributed by atoms with E-state index in [2.05, 4.69) is 20.6 Å². The Morgan fingerprint density at radius 2 is 1.88 bits per heavy atom. The van der Waals surface area contributed by atoms with E-state index >= 15 is 0 Å². The van der Waals surface area contributed by atoms with Gasteiger partial charge in [0, 0.05) is 37.2 Å². The van der Waals surface area contributed by atoms with E-state index in [0.717, 1.165) is 37.2 Å². The van der Waals surface area contributed by atoms with E-state index in [4.69, 9.17) is 28.5 Å². The number of nitrogens with one attached hydrogen (secondary N) is 1. The number of benzene rings is 2. The fourth-order valence-electron chi connectivity index (χ4n) is 4.25. The van der Waals surface area contributed by atoms with Crippen LogP contribution in [0.2, 0.25) is 10.0 Å². The normalized spacial score (nSPS) is 20.7. The van der Waals surface area contributed by atoms with Crippen LogP contribution < -0.4 is 9.62 Å². The molecule has 0 amide bonds. The first-order chi connectivity index (χ1) is 15.3. The number of hydrogen-bond donors (Lipinski definition) is 1. The zero-order valence-electron chi connectivity index (χ0n) is 17.8. The summed E-state index contributed by atoms with van der Waals surface area (Å²) < 4.78 is 27.4. The van der Waals surface area contributed by atoms with Crippen molar-refractivity contribution in [2.45, 2.75) is 37.1 Å². The van der Waals surface area contributed by atoms with E-state index < -0.39 is 10.0 Å². The summed E-state index contributed by atoms with van der Waals surface area (Å²) in [5.41, 5.74) is 2.51. The Balaban J connectivity index is 1.54. The second-order valence-electron chi connectivity index (χ2n) is 8.56. The molecule has 1 saturated heterocycles. The van der Waals surface area contributed by atoms with Crippen LogP contribution in [0, 0.1) is 11.3 Å². The van der Waals surface area contributed by atoms with E-state index in [1.807, 2.05) is 37.3 Å². The van der Waals surface area contributed by atoms with Crippen LogP contribution in [0.15, 0.2) is 42.5 Å². The molecule has 170 valence electrons. The third-order valence-electron chi connectivity index (χ3n) is 5.97. The molecule has 4 rings (SSSR count). The van der Waals surface area contributed by atoms with Crippen molar-refractivity contribution in [1.29, 1.82) is 5.26 Å². The number of halogens is 2. The van der Waals surface area contributed by atoms with Gasteiger partial charge in [0.1, 0.15) is 0 Å². The summed E-state index contributed by atoms with van der Waals surface area (Å²) in [6, 6.07) is 15.1. The van der Waals surface area contributed by atoms with Gasteiger partial charge in [0.05, 0.1) is 33.6 Å². The van der Waals surface area contributed by atoms with Crippen molar-refractivity contribution < 1.29 is 8.42 Å². The van der Waals surface area contributed by atoms with Gasteiger partial charge in [-0.1, -0.05) is 35.3 Å². The summed E-state index contributed by atoms with van der Waals surface area (Å²) in [7, 11) is -3.22. The van der Waals surface area contributed by atoms with E-state index in [0.29, 0.717) is 28.7 Å². The van der Waals surface area contributed by atoms with Crippen LogP contribution >= 0.6 is 23.2 Å². The SMILES string of the molecule is C[C@@H](CN1CCN(c2ccc(C#N)cc2Cl)[C@H](c2ccc(Cl)cc2)C1)NS(=O)(=O)C1CC1. The Bertz CT molecular complexity index is 1110. The molecule has 1 aliphatic carbocycles. The molecule has 6 nitrogen and oxygen atoms in total. The Labute approximate surface area is 199 Å². The maximum Gasteiger partial charge on any atom is 0.214 e. The minimum absolute atomic E-state index is 0.0127. The Hall–Kier alpha value is -1.82. The van der Waals surface area contributed by atoms with Crippen LogP contribution in [0.25, 0.3) is 0 Å². The minimum atomic E-state index is -3.22. The van der Waals surface area contributed by atoms with Crippen LogP contribution in [0.4, 0.5) is 5.69 Å². The summed E-state index contributed by atoms with van der Waals surface area (Å²) in [4.78, 5) is 4.54. The first-order valence-corrected chi connectivity index (χ1v) is 13.0. The quantitative estimate of drug-likeness (QED) is 0.626. The second-order valence-corrected chi connectivity index (χ2v) is 11.4. The molecule has 2 aliphatic rings. The lowest BCUT2D eigenvalue weighted by Gasteiger charge is -2.44. The topological polar surface area (TPSA) is 76.4 Å². The summed E-state index contributed by atoms with van der Waals surface area (Å²) in [5.74, 6) is 0. The molecular weight excluding hydrogens is 467 g/mol. The zero-order chi connectivity index (χ0) is 22.9. The van der Waals surface area contributed by atoms with Crippen LogP contribution in [0.1, 0.15) is 36.9 Å². The molecule has 2 aromatic rings. The lowest BCUT2D eigenvalue weighted by Crippen LogP contribution is -2.52. The third kappa shape index (κ3) is 5.38. The van der Waals surface area contributed by atoms with Gasteiger partial charge < -0.3 is 4.90 Å². The van der Waals surface area contributed by atoms with Crippen molar-refractivity contribution in [3.8, 4) is 6.07 Å². The fraction of sp³-hybridized carbons (Fsp3) is 0.435. The van der Waals surface area contributed by atoms with Gasteiger partial charge in [-0.2, -0.15) is 5.26 Å². The average Bonchev–Trinajstić information content (AvgIpc) is 3.60. The van der Waals surface area contributed by atoms with Gasteiger partial charge in [0.15, 0.2) is 0 Å². The monoisotopic (exact) mass is 492 g/mol. The number of piperazine rings is 1. The standard InChI is InChI=1S/C23H26Cl2N4O2S/c1-16(27-32(30,31)20-7-8-20)14-28-10-11-29(22-9-2-17(13-26)12-21(22)25)23(15-28)18-3-5-19(24)6-4-18/h2-6,9,12,16,20,23,27H,7-8,10-11,14-15H2,1H3/t16-,23-/m0/s1. The highest BCUT2D eigenvalue weighted by Crippen LogP contribution is 2.36. The zero-order valence-corrected chi connectivity index (χ0v) is 20.2. The summed E-state index contributed by atoms with van der Waals surface area (Å²) in [6.07, 6.45) is 1.51. The molecule has 2 aromatic carbocycles. The molecule has 0 radical (unpaired) electrons. The first kappa shape index (κ1) is 23.3. The van der Waals surface area contributed by atoms with E-state index in [9.17, 15) is 8.42 Å². The molecule has 32 heavy (non-hydrogen) atoms. The van der Waals surface area contributed by atoms with Crippen LogP contribution in [0.5, 0.6) is 0 Å². The van der Waals surface area contributed by atoms with E-state index in [1.165, 1.54) is 0 Å². The molecule has 2 atom stereocenters. The number of sulfonamides is 1. The predicted octanol–water partition coefficient (Wildman–Crippen LogP) is 4.20. The molecular formula is C23H26Cl2N4O2S. The minimum Gasteiger partial charge on any atom is -0.361 e. The number of nitrogens with zero attached hydrogens (tertiary/aromatic N) is 3. The van der Waals surface area contributed by atoms with Crippen molar-refractivity contribution in [3.05, 3.63) is 63.6 Å². The van der Waals surface area contributed by atoms with Gasteiger partial charge in [-0.15, -0.1) is 0 Å². The van der Waals surface area contributed by atoms with Crippen LogP contribution in [-0.4, -0.2) is 50.8 Å². The molecule has 0 unspecified atom stereocenters. The lowest BCUT2D eigenvalue weighted by atomic mass is 10.0.